The summed E-state index contributed by atoms with van der Waals surface area (Å²) >= 11 is 1.65. The molecule has 1 aromatic carbocycles. The molecule has 0 saturated heterocycles. The Morgan fingerprint density at radius 3 is 2.57 bits per heavy atom. The lowest BCUT2D eigenvalue weighted by Gasteiger charge is -2.21. The molecule has 0 radical (unpaired) electrons. The molecular formula is C17H22N2OS. The van der Waals surface area contributed by atoms with E-state index in [2.05, 4.69) is 18.3 Å². The van der Waals surface area contributed by atoms with Crippen LogP contribution in [0, 0.1) is 5.92 Å². The summed E-state index contributed by atoms with van der Waals surface area (Å²) in [6.45, 7) is 2.47. The number of carbonyl (C=O) groups is 1. The largest absolute Gasteiger partial charge is 0.344 e. The van der Waals surface area contributed by atoms with Crippen LogP contribution in [0.25, 0.3) is 0 Å². The Kier molecular flexibility index (Phi) is 5.96. The van der Waals surface area contributed by atoms with Crippen LogP contribution in [-0.4, -0.2) is 12.5 Å². The van der Waals surface area contributed by atoms with E-state index in [0.717, 1.165) is 23.3 Å². The van der Waals surface area contributed by atoms with Crippen LogP contribution >= 0.6 is 11.3 Å². The van der Waals surface area contributed by atoms with Gasteiger partial charge < -0.3 is 11.1 Å². The normalized spacial score (nSPS) is 13.6. The molecule has 2 aromatic rings. The predicted molar refractivity (Wildman–Crippen MR) is 88.2 cm³/mol. The van der Waals surface area contributed by atoms with Gasteiger partial charge in [0.05, 0.1) is 12.0 Å². The van der Waals surface area contributed by atoms with Crippen LogP contribution < -0.4 is 11.1 Å². The van der Waals surface area contributed by atoms with Crippen molar-refractivity contribution in [3.8, 4) is 0 Å². The number of benzene rings is 1. The molecule has 0 spiro atoms. The van der Waals surface area contributed by atoms with E-state index in [1.807, 2.05) is 41.8 Å². The summed E-state index contributed by atoms with van der Waals surface area (Å²) in [6.07, 6.45) is 1.79. The zero-order valence-corrected chi connectivity index (χ0v) is 13.1. The average Bonchev–Trinajstić information content (AvgIpc) is 3.05. The molecule has 0 fully saturated rings. The maximum Gasteiger partial charge on any atom is 0.225 e. The van der Waals surface area contributed by atoms with Gasteiger partial charge in [-0.05, 0) is 23.4 Å². The number of hydrogen-bond donors (Lipinski definition) is 2. The van der Waals surface area contributed by atoms with Crippen molar-refractivity contribution in [2.45, 2.75) is 25.8 Å². The minimum absolute atomic E-state index is 0.0432. The maximum absolute atomic E-state index is 12.5. The first-order valence-corrected chi connectivity index (χ1v) is 8.23. The molecule has 2 atom stereocenters. The fraction of sp³-hybridized carbons (Fsp3) is 0.353. The second-order valence-electron chi connectivity index (χ2n) is 5.09. The molecule has 1 heterocycles. The van der Waals surface area contributed by atoms with Gasteiger partial charge in [0.1, 0.15) is 0 Å². The van der Waals surface area contributed by atoms with Crippen molar-refractivity contribution in [2.75, 3.05) is 6.54 Å². The van der Waals surface area contributed by atoms with Gasteiger partial charge in [0.25, 0.3) is 0 Å². The highest BCUT2D eigenvalue weighted by atomic mass is 32.1. The third-order valence-electron chi connectivity index (χ3n) is 3.54. The van der Waals surface area contributed by atoms with E-state index < -0.39 is 0 Å². The Morgan fingerprint density at radius 2 is 2.00 bits per heavy atom. The molecule has 0 saturated carbocycles. The van der Waals surface area contributed by atoms with Gasteiger partial charge in [-0.15, -0.1) is 11.3 Å². The highest BCUT2D eigenvalue weighted by molar-refractivity contribution is 7.10. The van der Waals surface area contributed by atoms with Gasteiger partial charge >= 0.3 is 0 Å². The molecule has 112 valence electrons. The van der Waals surface area contributed by atoms with Gasteiger partial charge in [0.15, 0.2) is 0 Å². The Labute approximate surface area is 130 Å². The number of thiophene rings is 1. The number of hydrogen-bond acceptors (Lipinski definition) is 3. The van der Waals surface area contributed by atoms with Gasteiger partial charge in [-0.25, -0.2) is 0 Å². The molecule has 1 aromatic heterocycles. The minimum atomic E-state index is -0.110. The number of carbonyl (C=O) groups excluding carboxylic acids is 1. The van der Waals surface area contributed by atoms with Crippen LogP contribution in [0.5, 0.6) is 0 Å². The summed E-state index contributed by atoms with van der Waals surface area (Å²) in [6, 6.07) is 14.0. The SMILES string of the molecule is CCCC(CN)C(=O)NC(c1ccccc1)c1cccs1. The topological polar surface area (TPSA) is 55.1 Å². The van der Waals surface area contributed by atoms with Crippen molar-refractivity contribution in [3.63, 3.8) is 0 Å². The van der Waals surface area contributed by atoms with Crippen LogP contribution in [0.3, 0.4) is 0 Å². The first-order valence-electron chi connectivity index (χ1n) is 7.35. The number of rotatable bonds is 7. The Morgan fingerprint density at radius 1 is 1.24 bits per heavy atom. The summed E-state index contributed by atoms with van der Waals surface area (Å²) in [4.78, 5) is 13.6. The average molecular weight is 302 g/mol. The third-order valence-corrected chi connectivity index (χ3v) is 4.48. The Balaban J connectivity index is 2.19. The van der Waals surface area contributed by atoms with E-state index in [9.17, 15) is 4.79 Å². The number of nitrogens with one attached hydrogen (secondary N) is 1. The maximum atomic E-state index is 12.5. The lowest BCUT2D eigenvalue weighted by atomic mass is 10.0. The number of nitrogens with two attached hydrogens (primary N) is 1. The summed E-state index contributed by atoms with van der Waals surface area (Å²) in [5.41, 5.74) is 6.83. The third kappa shape index (κ3) is 4.16. The second kappa shape index (κ2) is 7.96. The monoisotopic (exact) mass is 302 g/mol. The summed E-state index contributed by atoms with van der Waals surface area (Å²) in [7, 11) is 0. The van der Waals surface area contributed by atoms with Crippen LogP contribution in [0.4, 0.5) is 0 Å². The van der Waals surface area contributed by atoms with Crippen molar-refractivity contribution >= 4 is 17.2 Å². The van der Waals surface area contributed by atoms with Crippen molar-refractivity contribution in [1.29, 1.82) is 0 Å². The molecular weight excluding hydrogens is 280 g/mol. The Hall–Kier alpha value is -1.65. The molecule has 0 aliphatic rings. The van der Waals surface area contributed by atoms with E-state index in [1.165, 1.54) is 0 Å². The Bertz CT molecular complexity index is 539. The summed E-state index contributed by atoms with van der Waals surface area (Å²) in [5.74, 6) is -0.0669. The molecule has 2 unspecified atom stereocenters. The highest BCUT2D eigenvalue weighted by Gasteiger charge is 2.22. The minimum Gasteiger partial charge on any atom is -0.344 e. The van der Waals surface area contributed by atoms with Crippen LogP contribution in [-0.2, 0) is 4.79 Å². The molecule has 0 bridgehead atoms. The highest BCUT2D eigenvalue weighted by Crippen LogP contribution is 2.26. The van der Waals surface area contributed by atoms with Crippen molar-refractivity contribution < 1.29 is 4.79 Å². The lowest BCUT2D eigenvalue weighted by molar-refractivity contribution is -0.125. The standard InChI is InChI=1S/C17H22N2OS/c1-2-7-14(12-18)17(20)19-16(15-10-6-11-21-15)13-8-4-3-5-9-13/h3-6,8-11,14,16H,2,7,12,18H2,1H3,(H,19,20). The van der Waals surface area contributed by atoms with Gasteiger partial charge in [0.2, 0.25) is 5.91 Å². The van der Waals surface area contributed by atoms with Gasteiger partial charge in [-0.1, -0.05) is 49.7 Å². The van der Waals surface area contributed by atoms with Crippen molar-refractivity contribution in [2.24, 2.45) is 11.7 Å². The molecule has 2 rings (SSSR count). The lowest BCUT2D eigenvalue weighted by Crippen LogP contribution is -2.37. The molecule has 3 N–H and O–H groups in total. The summed E-state index contributed by atoms with van der Waals surface area (Å²) < 4.78 is 0. The van der Waals surface area contributed by atoms with E-state index in [0.29, 0.717) is 6.54 Å². The summed E-state index contributed by atoms with van der Waals surface area (Å²) in [5, 5.41) is 5.19. The first-order chi connectivity index (χ1) is 10.3. The predicted octanol–water partition coefficient (Wildman–Crippen LogP) is 3.33. The first kappa shape index (κ1) is 15.7. The van der Waals surface area contributed by atoms with Gasteiger partial charge in [0, 0.05) is 11.4 Å². The smallest absolute Gasteiger partial charge is 0.225 e. The van der Waals surface area contributed by atoms with E-state index >= 15 is 0 Å². The van der Waals surface area contributed by atoms with E-state index in [-0.39, 0.29) is 17.9 Å². The van der Waals surface area contributed by atoms with E-state index in [1.54, 1.807) is 11.3 Å². The molecule has 4 heteroatoms. The molecule has 0 aliphatic carbocycles. The fourth-order valence-corrected chi connectivity index (χ4v) is 3.19. The molecule has 1 amide bonds. The van der Waals surface area contributed by atoms with E-state index in [4.69, 9.17) is 5.73 Å². The fourth-order valence-electron chi connectivity index (χ4n) is 2.38. The van der Waals surface area contributed by atoms with Crippen LogP contribution in [0.2, 0.25) is 0 Å². The molecule has 3 nitrogen and oxygen atoms in total. The van der Waals surface area contributed by atoms with Gasteiger partial charge in [-0.3, -0.25) is 4.79 Å². The molecule has 0 aliphatic heterocycles. The van der Waals surface area contributed by atoms with Crippen molar-refractivity contribution in [1.82, 2.24) is 5.32 Å². The second-order valence-corrected chi connectivity index (χ2v) is 6.07. The zero-order chi connectivity index (χ0) is 15.1. The van der Waals surface area contributed by atoms with Crippen LogP contribution in [0.1, 0.15) is 36.2 Å². The van der Waals surface area contributed by atoms with Gasteiger partial charge in [-0.2, -0.15) is 0 Å². The van der Waals surface area contributed by atoms with Crippen LogP contribution in [0.15, 0.2) is 47.8 Å². The van der Waals surface area contributed by atoms with Crippen molar-refractivity contribution in [3.05, 3.63) is 58.3 Å². The quantitative estimate of drug-likeness (QED) is 0.824. The molecule has 21 heavy (non-hydrogen) atoms. The number of amides is 1. The zero-order valence-electron chi connectivity index (χ0n) is 12.3.